The molecule has 1 fully saturated rings. The van der Waals surface area contributed by atoms with Crippen LogP contribution in [0.3, 0.4) is 0 Å². The van der Waals surface area contributed by atoms with Gasteiger partial charge in [0.15, 0.2) is 0 Å². The Morgan fingerprint density at radius 1 is 1.00 bits per heavy atom. The van der Waals surface area contributed by atoms with Crippen molar-refractivity contribution < 1.29 is 0 Å². The predicted molar refractivity (Wildman–Crippen MR) is 132 cm³/mol. The Bertz CT molecular complexity index is 714. The zero-order valence-electron chi connectivity index (χ0n) is 16.5. The average Bonchev–Trinajstić information content (AvgIpc) is 2.69. The third kappa shape index (κ3) is 7.60. The monoisotopic (exact) mass is 452 g/mol. The molecule has 6 heteroatoms. The number of rotatable bonds is 6. The normalized spacial score (nSPS) is 14.8. The quantitative estimate of drug-likeness (QED) is 0.498. The van der Waals surface area contributed by atoms with Gasteiger partial charge in [-0.2, -0.15) is 0 Å². The molecule has 0 atom stereocenters. The summed E-state index contributed by atoms with van der Waals surface area (Å²) in [4.78, 5) is 5.98. The highest BCUT2D eigenvalue weighted by atomic mass is 35.5. The van der Waals surface area contributed by atoms with Crippen molar-refractivity contribution in [3.8, 4) is 0 Å². The summed E-state index contributed by atoms with van der Waals surface area (Å²) < 4.78 is 1.05. The van der Waals surface area contributed by atoms with Crippen molar-refractivity contribution in [2.24, 2.45) is 0 Å². The summed E-state index contributed by atoms with van der Waals surface area (Å²) in [6, 6.07) is 19.6. The summed E-state index contributed by atoms with van der Waals surface area (Å²) in [7, 11) is 4.22. The van der Waals surface area contributed by atoms with Gasteiger partial charge in [0.25, 0.3) is 0 Å². The van der Waals surface area contributed by atoms with Crippen molar-refractivity contribution in [2.45, 2.75) is 35.3 Å². The Morgan fingerprint density at radius 2 is 1.64 bits per heavy atom. The van der Waals surface area contributed by atoms with Gasteiger partial charge in [-0.15, -0.1) is 24.2 Å². The van der Waals surface area contributed by atoms with Crippen LogP contribution in [0.25, 0.3) is 0 Å². The van der Waals surface area contributed by atoms with Crippen LogP contribution in [-0.4, -0.2) is 46.6 Å². The summed E-state index contributed by atoms with van der Waals surface area (Å²) in [5.74, 6) is 0.966. The molecule has 1 heterocycles. The van der Waals surface area contributed by atoms with Crippen LogP contribution >= 0.6 is 48.1 Å². The van der Waals surface area contributed by atoms with Crippen LogP contribution in [0.4, 0.5) is 0 Å². The lowest BCUT2D eigenvalue weighted by molar-refractivity contribution is 0.359. The Labute approximate surface area is 189 Å². The van der Waals surface area contributed by atoms with Gasteiger partial charge in [0.1, 0.15) is 4.32 Å². The Morgan fingerprint density at radius 3 is 2.25 bits per heavy atom. The highest BCUT2D eigenvalue weighted by Gasteiger charge is 2.21. The number of thiocarbonyl (C=S) groups is 1. The van der Waals surface area contributed by atoms with Gasteiger partial charge in [-0.05, 0) is 50.2 Å². The fourth-order valence-electron chi connectivity index (χ4n) is 3.20. The van der Waals surface area contributed by atoms with Crippen LogP contribution in [0.1, 0.15) is 24.0 Å². The first kappa shape index (κ1) is 23.6. The number of halogens is 1. The topological polar surface area (TPSA) is 6.48 Å². The lowest BCUT2D eigenvalue weighted by atomic mass is 10.1. The van der Waals surface area contributed by atoms with E-state index >= 15 is 0 Å². The van der Waals surface area contributed by atoms with Crippen LogP contribution in [-0.2, 0) is 12.3 Å². The average molecular weight is 453 g/mol. The van der Waals surface area contributed by atoms with E-state index in [0.717, 1.165) is 29.7 Å². The SMILES string of the molecule is CN(C)Cc1ccc(SC2CCN(C(=S)SCc3ccccc3)CC2)cc1.Cl. The Balaban J connectivity index is 0.00000280. The molecule has 152 valence electrons. The molecule has 1 saturated heterocycles. The van der Waals surface area contributed by atoms with Crippen molar-refractivity contribution in [3.05, 3.63) is 65.7 Å². The second-order valence-electron chi connectivity index (χ2n) is 7.23. The van der Waals surface area contributed by atoms with Gasteiger partial charge >= 0.3 is 0 Å². The summed E-state index contributed by atoms with van der Waals surface area (Å²) in [5.41, 5.74) is 2.72. The third-order valence-corrected chi connectivity index (χ3v) is 7.57. The van der Waals surface area contributed by atoms with Crippen molar-refractivity contribution in [2.75, 3.05) is 27.2 Å². The number of nitrogens with zero attached hydrogens (tertiary/aromatic N) is 2. The van der Waals surface area contributed by atoms with E-state index in [-0.39, 0.29) is 12.4 Å². The maximum Gasteiger partial charge on any atom is 0.136 e. The minimum atomic E-state index is 0. The number of hydrogen-bond acceptors (Lipinski definition) is 4. The maximum absolute atomic E-state index is 5.67. The molecular formula is C22H29ClN2S3. The number of piperidine rings is 1. The molecule has 0 aromatic heterocycles. The van der Waals surface area contributed by atoms with Crippen molar-refractivity contribution >= 4 is 52.5 Å². The fraction of sp³-hybridized carbons (Fsp3) is 0.409. The summed E-state index contributed by atoms with van der Waals surface area (Å²) in [6.07, 6.45) is 2.41. The molecule has 0 saturated carbocycles. The van der Waals surface area contributed by atoms with Crippen LogP contribution in [0, 0.1) is 0 Å². The standard InChI is InChI=1S/C22H28N2S3.ClH/c1-23(2)16-18-8-10-20(11-9-18)27-21-12-14-24(15-13-21)22(25)26-17-19-6-4-3-5-7-19;/h3-11,21H,12-17H2,1-2H3;1H. The molecule has 2 aromatic carbocycles. The summed E-state index contributed by atoms with van der Waals surface area (Å²) in [6.45, 7) is 3.16. The number of hydrogen-bond donors (Lipinski definition) is 0. The predicted octanol–water partition coefficient (Wildman–Crippen LogP) is 5.94. The van der Waals surface area contributed by atoms with E-state index in [1.807, 2.05) is 11.8 Å². The van der Waals surface area contributed by atoms with Gasteiger partial charge in [0.2, 0.25) is 0 Å². The highest BCUT2D eigenvalue weighted by molar-refractivity contribution is 8.22. The smallest absolute Gasteiger partial charge is 0.136 e. The van der Waals surface area contributed by atoms with E-state index in [9.17, 15) is 0 Å². The molecule has 2 aromatic rings. The first-order valence-corrected chi connectivity index (χ1v) is 11.7. The van der Waals surface area contributed by atoms with Gasteiger partial charge in [-0.1, -0.05) is 66.4 Å². The molecule has 0 bridgehead atoms. The zero-order chi connectivity index (χ0) is 19.1. The molecule has 28 heavy (non-hydrogen) atoms. The third-order valence-electron chi connectivity index (χ3n) is 4.63. The molecule has 0 radical (unpaired) electrons. The molecule has 0 spiro atoms. The minimum absolute atomic E-state index is 0. The van der Waals surface area contributed by atoms with Crippen LogP contribution in [0.5, 0.6) is 0 Å². The molecule has 1 aliphatic heterocycles. The van der Waals surface area contributed by atoms with Gasteiger partial charge in [0, 0.05) is 35.5 Å². The van der Waals surface area contributed by atoms with Crippen molar-refractivity contribution in [1.29, 1.82) is 0 Å². The molecule has 3 rings (SSSR count). The minimum Gasteiger partial charge on any atom is -0.357 e. The van der Waals surface area contributed by atoms with Gasteiger partial charge in [-0.3, -0.25) is 0 Å². The van der Waals surface area contributed by atoms with Gasteiger partial charge in [-0.25, -0.2) is 0 Å². The van der Waals surface area contributed by atoms with Crippen LogP contribution in [0.2, 0.25) is 0 Å². The summed E-state index contributed by atoms with van der Waals surface area (Å²) >= 11 is 9.49. The Kier molecular flexibility index (Phi) is 10.2. The van der Waals surface area contributed by atoms with E-state index in [2.05, 4.69) is 78.5 Å². The van der Waals surface area contributed by atoms with Gasteiger partial charge < -0.3 is 9.80 Å². The number of benzene rings is 2. The van der Waals surface area contributed by atoms with Gasteiger partial charge in [0.05, 0.1) is 0 Å². The maximum atomic E-state index is 5.67. The number of thioether (sulfide) groups is 2. The van der Waals surface area contributed by atoms with E-state index in [1.54, 1.807) is 11.8 Å². The largest absolute Gasteiger partial charge is 0.357 e. The molecular weight excluding hydrogens is 424 g/mol. The molecule has 0 amide bonds. The first-order chi connectivity index (χ1) is 13.1. The van der Waals surface area contributed by atoms with E-state index < -0.39 is 0 Å². The van der Waals surface area contributed by atoms with Crippen molar-refractivity contribution in [1.82, 2.24) is 9.80 Å². The fourth-order valence-corrected chi connectivity index (χ4v) is 5.53. The van der Waals surface area contributed by atoms with E-state index in [4.69, 9.17) is 12.2 Å². The molecule has 0 aliphatic carbocycles. The summed E-state index contributed by atoms with van der Waals surface area (Å²) in [5, 5.41) is 0.697. The second kappa shape index (κ2) is 12.1. The first-order valence-electron chi connectivity index (χ1n) is 9.46. The molecule has 2 nitrogen and oxygen atoms in total. The second-order valence-corrected chi connectivity index (χ2v) is 10.2. The zero-order valence-corrected chi connectivity index (χ0v) is 19.8. The highest BCUT2D eigenvalue weighted by Crippen LogP contribution is 2.31. The molecule has 0 N–H and O–H groups in total. The lowest BCUT2D eigenvalue weighted by Gasteiger charge is -2.33. The van der Waals surface area contributed by atoms with E-state index in [1.165, 1.54) is 28.9 Å². The molecule has 1 aliphatic rings. The van der Waals surface area contributed by atoms with E-state index in [0.29, 0.717) is 5.25 Å². The van der Waals surface area contributed by atoms with Crippen LogP contribution in [0.15, 0.2) is 59.5 Å². The lowest BCUT2D eigenvalue weighted by Crippen LogP contribution is -2.37. The Hall–Kier alpha value is -0.720. The number of likely N-dealkylation sites (tertiary alicyclic amines) is 1. The van der Waals surface area contributed by atoms with Crippen LogP contribution < -0.4 is 0 Å². The van der Waals surface area contributed by atoms with Crippen molar-refractivity contribution in [3.63, 3.8) is 0 Å². The molecule has 0 unspecified atom stereocenters.